The smallest absolute Gasteiger partial charge is 0.701 e. The van der Waals surface area contributed by atoms with Gasteiger partial charge in [0.15, 0.2) is 0 Å². The van der Waals surface area contributed by atoms with Crippen molar-refractivity contribution < 1.29 is 93.8 Å². The van der Waals surface area contributed by atoms with Gasteiger partial charge in [0.1, 0.15) is 0 Å². The van der Waals surface area contributed by atoms with Crippen molar-refractivity contribution >= 4 is 84.6 Å². The van der Waals surface area contributed by atoms with E-state index in [9.17, 15) is 0 Å². The minimum Gasteiger partial charge on any atom is -0.701 e. The quantitative estimate of drug-likeness (QED) is 0.0757. The van der Waals surface area contributed by atoms with Crippen molar-refractivity contribution in [3.05, 3.63) is 157 Å². The molecule has 4 heterocycles. The number of hydrogen-bond acceptors (Lipinski definition) is 4. The molecule has 8 rings (SSSR count). The summed E-state index contributed by atoms with van der Waals surface area (Å²) >= 11 is 0. The van der Waals surface area contributed by atoms with E-state index in [2.05, 4.69) is 222 Å². The van der Waals surface area contributed by atoms with Crippen LogP contribution in [0.25, 0.3) is 43.6 Å². The van der Waals surface area contributed by atoms with E-state index in [0.717, 1.165) is 44.8 Å². The first-order valence-corrected chi connectivity index (χ1v) is 31.5. The van der Waals surface area contributed by atoms with Gasteiger partial charge in [0.05, 0.1) is 38.3 Å². The molecule has 8 aromatic rings. The zero-order valence-corrected chi connectivity index (χ0v) is 52.4. The summed E-state index contributed by atoms with van der Waals surface area (Å²) in [4.78, 5) is 35.6. The largest absolute Gasteiger partial charge is 3.00 e. The predicted molar refractivity (Wildman–Crippen MR) is 319 cm³/mol. The first kappa shape index (κ1) is 68.3. The summed E-state index contributed by atoms with van der Waals surface area (Å²) in [6, 6.07) is 40.7. The fourth-order valence-corrected chi connectivity index (χ4v) is 5.47. The minimum atomic E-state index is -1.21. The van der Waals surface area contributed by atoms with E-state index in [1.54, 1.807) is 0 Å². The van der Waals surface area contributed by atoms with Gasteiger partial charge in [-0.1, -0.05) is 161 Å². The SMILES string of the molecule is CC(C)(C)N=Cc1cc2ccccc2[n-]1.CC(C)(C)N=Cc1cc2ccccc2[n-]1.CC(C)(C)N=Cc1cc2ccccc2[n-]1.CC(C)(C)N=Cc1cc2ccccc2[n-]1.[C-]#C[Si](C)(C)C.[C-]#C[Si](C)(C)C.[Yb+3].[Yb+3]. The Morgan fingerprint density at radius 1 is 0.351 bits per heavy atom. The van der Waals surface area contributed by atoms with E-state index >= 15 is 0 Å². The van der Waals surface area contributed by atoms with Crippen LogP contribution in [0.15, 0.2) is 141 Å². The molecule has 0 N–H and O–H groups in total. The Morgan fingerprint density at radius 3 is 0.649 bits per heavy atom. The molecule has 0 fully saturated rings. The van der Waals surface area contributed by atoms with Gasteiger partial charge in [-0.3, -0.25) is 20.0 Å². The van der Waals surface area contributed by atoms with Crippen LogP contribution in [0.2, 0.25) is 39.3 Å². The van der Waals surface area contributed by atoms with E-state index in [1.807, 2.05) is 97.7 Å². The molecular formula is C62H78N8Si2Yb2. The molecule has 2 radical (unpaired) electrons. The van der Waals surface area contributed by atoms with Crippen molar-refractivity contribution in [2.24, 2.45) is 20.0 Å². The molecule has 402 valence electrons. The Morgan fingerprint density at radius 2 is 0.514 bits per heavy atom. The number of benzene rings is 4. The van der Waals surface area contributed by atoms with Crippen molar-refractivity contribution in [2.75, 3.05) is 0 Å². The molecule has 4 aromatic heterocycles. The minimum absolute atomic E-state index is 0. The standard InChI is InChI=1S/4C13H15N2.2C5H9Si.2Yb/c4*1-13(2,3)14-9-11-8-10-6-4-5-7-12(10)15-11;2*1-5-6(2,3)4;;/h4*4-9H,1-3H3;2*2-4H3;;/q6*-1;2*+3. The average Bonchev–Trinajstić information content (AvgIpc) is 4.10. The summed E-state index contributed by atoms with van der Waals surface area (Å²) < 4.78 is 0. The van der Waals surface area contributed by atoms with Gasteiger partial charge in [-0.05, 0) is 105 Å². The number of aliphatic imine (C=N–C) groups is 4. The van der Waals surface area contributed by atoms with Gasteiger partial charge >= 0.3 is 93.8 Å². The summed E-state index contributed by atoms with van der Waals surface area (Å²) in [6.07, 6.45) is 20.7. The Balaban J connectivity index is 0.000000456. The molecule has 0 spiro atoms. The Bertz CT molecular complexity index is 2590. The van der Waals surface area contributed by atoms with Crippen LogP contribution < -0.4 is 19.9 Å². The molecule has 8 nitrogen and oxygen atoms in total. The van der Waals surface area contributed by atoms with Gasteiger partial charge in [0, 0.05) is 24.9 Å². The average molecular weight is 1340 g/mol. The molecule has 0 bridgehead atoms. The third-order valence-corrected chi connectivity index (χ3v) is 10.5. The number of rotatable bonds is 4. The summed E-state index contributed by atoms with van der Waals surface area (Å²) in [5.41, 5.74) is 12.7. The molecule has 0 saturated heterocycles. The first-order chi connectivity index (χ1) is 33.3. The Labute approximate surface area is 524 Å². The molecule has 0 atom stereocenters. The predicted octanol–water partition coefficient (Wildman–Crippen LogP) is 15.0. The van der Waals surface area contributed by atoms with Gasteiger partial charge in [0.2, 0.25) is 0 Å². The fourth-order valence-electron chi connectivity index (χ4n) is 5.47. The molecule has 0 aliphatic heterocycles. The van der Waals surface area contributed by atoms with E-state index in [-0.39, 0.29) is 116 Å². The topological polar surface area (TPSA) is 106 Å². The normalized spacial score (nSPS) is 12.0. The third-order valence-electron chi connectivity index (χ3n) is 9.05. The Kier molecular flexibility index (Phi) is 28.5. The molecule has 74 heavy (non-hydrogen) atoms. The van der Waals surface area contributed by atoms with Gasteiger partial charge in [-0.2, -0.15) is 0 Å². The van der Waals surface area contributed by atoms with E-state index < -0.39 is 16.1 Å². The zero-order valence-electron chi connectivity index (χ0n) is 47.0. The second-order valence-corrected chi connectivity index (χ2v) is 32.9. The number of fused-ring (bicyclic) bond motifs is 4. The summed E-state index contributed by atoms with van der Waals surface area (Å²) in [5, 5.41) is 4.70. The van der Waals surface area contributed by atoms with E-state index in [4.69, 9.17) is 12.8 Å². The van der Waals surface area contributed by atoms with E-state index in [1.165, 1.54) is 21.5 Å². The number of aromatic nitrogens is 4. The van der Waals surface area contributed by atoms with E-state index in [0.29, 0.717) is 0 Å². The van der Waals surface area contributed by atoms with Crippen LogP contribution in [0, 0.1) is 118 Å². The van der Waals surface area contributed by atoms with Crippen molar-refractivity contribution in [1.29, 1.82) is 0 Å². The first-order valence-electron chi connectivity index (χ1n) is 24.5. The van der Waals surface area contributed by atoms with Crippen LogP contribution in [-0.2, 0) is 0 Å². The second kappa shape index (κ2) is 30.9. The van der Waals surface area contributed by atoms with Crippen molar-refractivity contribution in [3.63, 3.8) is 0 Å². The fraction of sp³-hybridized carbons (Fsp3) is 0.355. The Hall–Kier alpha value is -3.69. The van der Waals surface area contributed by atoms with Crippen LogP contribution in [-0.4, -0.2) is 63.2 Å². The van der Waals surface area contributed by atoms with Crippen LogP contribution in [0.3, 0.4) is 0 Å². The number of para-hydroxylation sites is 4. The monoisotopic (exact) mass is 1340 g/mol. The zero-order chi connectivity index (χ0) is 54.0. The second-order valence-electron chi connectivity index (χ2n) is 23.4. The van der Waals surface area contributed by atoms with Crippen LogP contribution in [0.5, 0.6) is 0 Å². The van der Waals surface area contributed by atoms with Gasteiger partial charge < -0.3 is 43.9 Å². The van der Waals surface area contributed by atoms with Crippen molar-refractivity contribution in [2.45, 2.75) is 145 Å². The number of hydrogen-bond donors (Lipinski definition) is 0. The molecule has 12 heteroatoms. The maximum atomic E-state index is 6.67. The van der Waals surface area contributed by atoms with Crippen LogP contribution >= 0.6 is 0 Å². The molecule has 4 aromatic carbocycles. The molecule has 0 aliphatic carbocycles. The summed E-state index contributed by atoms with van der Waals surface area (Å²) in [5.74, 6) is 0. The third kappa shape index (κ3) is 29.6. The van der Waals surface area contributed by atoms with Gasteiger partial charge in [-0.15, -0.1) is 44.8 Å². The molecule has 0 saturated carbocycles. The number of nitrogens with zero attached hydrogens (tertiary/aromatic N) is 8. The molecule has 0 unspecified atom stereocenters. The summed E-state index contributed by atoms with van der Waals surface area (Å²) in [6.45, 7) is 37.4. The van der Waals surface area contributed by atoms with Crippen molar-refractivity contribution in [3.8, 4) is 11.1 Å². The molecule has 0 aliphatic rings. The maximum Gasteiger partial charge on any atom is 3.00 e. The van der Waals surface area contributed by atoms with Crippen molar-refractivity contribution in [1.82, 2.24) is 19.9 Å². The summed E-state index contributed by atoms with van der Waals surface area (Å²) in [7, 11) is -2.43. The molecular weight excluding hydrogens is 1260 g/mol. The van der Waals surface area contributed by atoms with Gasteiger partial charge in [0.25, 0.3) is 0 Å². The maximum absolute atomic E-state index is 6.67. The van der Waals surface area contributed by atoms with Crippen LogP contribution in [0.1, 0.15) is 106 Å². The van der Waals surface area contributed by atoms with Gasteiger partial charge in [-0.25, -0.2) is 0 Å². The van der Waals surface area contributed by atoms with Crippen LogP contribution in [0.4, 0.5) is 0 Å². The molecule has 0 amide bonds.